The zero-order chi connectivity index (χ0) is 18.3. The number of aromatic nitrogens is 2. The van der Waals surface area contributed by atoms with Gasteiger partial charge in [0, 0.05) is 24.2 Å². The number of hydrogen-bond acceptors (Lipinski definition) is 3. The van der Waals surface area contributed by atoms with Gasteiger partial charge < -0.3 is 9.84 Å². The van der Waals surface area contributed by atoms with Crippen LogP contribution in [0.4, 0.5) is 30.7 Å². The molecule has 24 heavy (non-hydrogen) atoms. The van der Waals surface area contributed by atoms with Gasteiger partial charge in [-0.15, -0.1) is 0 Å². The van der Waals surface area contributed by atoms with Crippen LogP contribution in [0.1, 0.15) is 42.8 Å². The van der Waals surface area contributed by atoms with Gasteiger partial charge in [-0.1, -0.05) is 0 Å². The van der Waals surface area contributed by atoms with Crippen molar-refractivity contribution in [3.8, 4) is 0 Å². The van der Waals surface area contributed by atoms with Crippen molar-refractivity contribution in [2.45, 2.75) is 63.6 Å². The number of aliphatic hydroxyl groups is 1. The average Bonchev–Trinajstić information content (AvgIpc) is 2.79. The number of fused-ring (bicyclic) bond motifs is 1. The standard InChI is InChI=1S/C13H15F7N2O2/c1-6(24-11(14)15)3-5-22-7-2-4-12(16,17)10(23)8(7)9(21-22)13(18,19)20/h6,10-11,23H,2-5H2,1H3. The van der Waals surface area contributed by atoms with Gasteiger partial charge in [-0.25, -0.2) is 8.78 Å². The highest BCUT2D eigenvalue weighted by atomic mass is 19.4. The highest BCUT2D eigenvalue weighted by molar-refractivity contribution is 5.35. The summed E-state index contributed by atoms with van der Waals surface area (Å²) in [6, 6.07) is 0. The van der Waals surface area contributed by atoms with Crippen LogP contribution in [0.15, 0.2) is 0 Å². The molecule has 1 heterocycles. The highest BCUT2D eigenvalue weighted by Gasteiger charge is 2.51. The van der Waals surface area contributed by atoms with E-state index in [-0.39, 0.29) is 18.7 Å². The largest absolute Gasteiger partial charge is 0.435 e. The van der Waals surface area contributed by atoms with E-state index in [0.717, 1.165) is 4.68 Å². The fraction of sp³-hybridized carbons (Fsp3) is 0.769. The van der Waals surface area contributed by atoms with Gasteiger partial charge in [0.1, 0.15) is 6.10 Å². The Hall–Kier alpha value is -1.36. The molecule has 0 bridgehead atoms. The zero-order valence-corrected chi connectivity index (χ0v) is 12.5. The molecule has 1 aromatic heterocycles. The Morgan fingerprint density at radius 3 is 2.54 bits per heavy atom. The predicted molar refractivity (Wildman–Crippen MR) is 66.6 cm³/mol. The first-order chi connectivity index (χ1) is 10.9. The Labute approximate surface area is 132 Å². The fourth-order valence-corrected chi connectivity index (χ4v) is 2.64. The molecule has 0 radical (unpaired) electrons. The lowest BCUT2D eigenvalue weighted by atomic mass is 9.89. The summed E-state index contributed by atoms with van der Waals surface area (Å²) in [4.78, 5) is 0. The molecule has 1 aliphatic carbocycles. The van der Waals surface area contributed by atoms with Crippen LogP contribution < -0.4 is 0 Å². The minimum Gasteiger partial charge on any atom is -0.382 e. The summed E-state index contributed by atoms with van der Waals surface area (Å²) in [5.41, 5.74) is -2.68. The van der Waals surface area contributed by atoms with Crippen molar-refractivity contribution in [3.63, 3.8) is 0 Å². The average molecular weight is 364 g/mol. The van der Waals surface area contributed by atoms with E-state index >= 15 is 0 Å². The molecule has 11 heteroatoms. The molecule has 0 aliphatic heterocycles. The number of hydrogen-bond donors (Lipinski definition) is 1. The lowest BCUT2D eigenvalue weighted by molar-refractivity contribution is -0.159. The van der Waals surface area contributed by atoms with Crippen LogP contribution in [0.25, 0.3) is 0 Å². The lowest BCUT2D eigenvalue weighted by Gasteiger charge is -2.28. The van der Waals surface area contributed by atoms with Crippen LogP contribution >= 0.6 is 0 Å². The second-order valence-corrected chi connectivity index (χ2v) is 5.59. The minimum atomic E-state index is -5.02. The second-order valence-electron chi connectivity index (χ2n) is 5.59. The summed E-state index contributed by atoms with van der Waals surface area (Å²) >= 11 is 0. The van der Waals surface area contributed by atoms with Gasteiger partial charge in [0.2, 0.25) is 0 Å². The van der Waals surface area contributed by atoms with Crippen molar-refractivity contribution in [2.24, 2.45) is 0 Å². The maximum atomic E-state index is 13.6. The third-order valence-corrected chi connectivity index (χ3v) is 3.82. The molecule has 138 valence electrons. The molecule has 1 N–H and O–H groups in total. The summed E-state index contributed by atoms with van der Waals surface area (Å²) in [5.74, 6) is -3.69. The number of aliphatic hydroxyl groups excluding tert-OH is 1. The van der Waals surface area contributed by atoms with Crippen LogP contribution in [0.3, 0.4) is 0 Å². The van der Waals surface area contributed by atoms with Crippen LogP contribution in [0, 0.1) is 0 Å². The smallest absolute Gasteiger partial charge is 0.382 e. The van der Waals surface area contributed by atoms with Crippen molar-refractivity contribution >= 4 is 0 Å². The number of ether oxygens (including phenoxy) is 1. The number of alkyl halides is 7. The molecule has 0 spiro atoms. The Morgan fingerprint density at radius 2 is 2.00 bits per heavy atom. The van der Waals surface area contributed by atoms with Gasteiger partial charge in [-0.3, -0.25) is 4.68 Å². The number of halogens is 7. The van der Waals surface area contributed by atoms with Crippen molar-refractivity contribution in [1.29, 1.82) is 0 Å². The van der Waals surface area contributed by atoms with Crippen molar-refractivity contribution in [2.75, 3.05) is 0 Å². The molecule has 0 saturated heterocycles. The van der Waals surface area contributed by atoms with E-state index in [1.807, 2.05) is 0 Å². The zero-order valence-electron chi connectivity index (χ0n) is 12.5. The monoisotopic (exact) mass is 364 g/mol. The van der Waals surface area contributed by atoms with Crippen LogP contribution in [0.2, 0.25) is 0 Å². The molecule has 2 rings (SSSR count). The molecule has 0 saturated carbocycles. The molecule has 4 nitrogen and oxygen atoms in total. The molecule has 0 amide bonds. The van der Waals surface area contributed by atoms with E-state index in [9.17, 15) is 35.8 Å². The van der Waals surface area contributed by atoms with E-state index in [2.05, 4.69) is 9.84 Å². The Kier molecular flexibility index (Phi) is 5.14. The SMILES string of the molecule is CC(CCn1nc(C(F)(F)F)c2c1CCC(F)(F)C2O)OC(F)F. The van der Waals surface area contributed by atoms with E-state index in [1.165, 1.54) is 6.92 Å². The van der Waals surface area contributed by atoms with Crippen LogP contribution in [-0.4, -0.2) is 33.5 Å². The minimum absolute atomic E-state index is 0.0950. The molecule has 0 fully saturated rings. The maximum absolute atomic E-state index is 13.6. The molecule has 1 aliphatic rings. The van der Waals surface area contributed by atoms with E-state index < -0.39 is 55.0 Å². The van der Waals surface area contributed by atoms with Crippen LogP contribution in [0.5, 0.6) is 0 Å². The van der Waals surface area contributed by atoms with Crippen molar-refractivity contribution in [3.05, 3.63) is 17.0 Å². The fourth-order valence-electron chi connectivity index (χ4n) is 2.64. The third kappa shape index (κ3) is 3.82. The van der Waals surface area contributed by atoms with Gasteiger partial charge in [-0.2, -0.15) is 27.1 Å². The lowest BCUT2D eigenvalue weighted by Crippen LogP contribution is -2.33. The molecular weight excluding hydrogens is 349 g/mol. The first-order valence-corrected chi connectivity index (χ1v) is 7.09. The van der Waals surface area contributed by atoms with Gasteiger partial charge in [0.05, 0.1) is 6.10 Å². The Bertz CT molecular complexity index is 586. The Morgan fingerprint density at radius 1 is 1.38 bits per heavy atom. The van der Waals surface area contributed by atoms with Crippen molar-refractivity contribution < 1.29 is 40.6 Å². The van der Waals surface area contributed by atoms with E-state index in [4.69, 9.17) is 0 Å². The molecule has 2 unspecified atom stereocenters. The normalized spacial score (nSPS) is 21.8. The van der Waals surface area contributed by atoms with Crippen LogP contribution in [-0.2, 0) is 23.9 Å². The van der Waals surface area contributed by atoms with Gasteiger partial charge in [0.15, 0.2) is 5.69 Å². The highest BCUT2D eigenvalue weighted by Crippen LogP contribution is 2.46. The topological polar surface area (TPSA) is 47.3 Å². The first kappa shape index (κ1) is 19.0. The summed E-state index contributed by atoms with van der Waals surface area (Å²) in [5, 5.41) is 12.9. The summed E-state index contributed by atoms with van der Waals surface area (Å²) in [7, 11) is 0. The number of aryl methyl sites for hydroxylation is 1. The quantitative estimate of drug-likeness (QED) is 0.813. The van der Waals surface area contributed by atoms with Crippen molar-refractivity contribution in [1.82, 2.24) is 9.78 Å². The second kappa shape index (κ2) is 6.51. The maximum Gasteiger partial charge on any atom is 0.435 e. The Balaban J connectivity index is 2.31. The number of nitrogens with zero attached hydrogens (tertiary/aromatic N) is 2. The number of rotatable bonds is 5. The van der Waals surface area contributed by atoms with Gasteiger partial charge in [0.25, 0.3) is 5.92 Å². The molecule has 1 aromatic rings. The third-order valence-electron chi connectivity index (χ3n) is 3.82. The first-order valence-electron chi connectivity index (χ1n) is 7.09. The van der Waals surface area contributed by atoms with Gasteiger partial charge >= 0.3 is 12.8 Å². The molecular formula is C13H15F7N2O2. The summed E-state index contributed by atoms with van der Waals surface area (Å²) < 4.78 is 95.4. The molecule has 2 atom stereocenters. The molecule has 0 aromatic carbocycles. The predicted octanol–water partition coefficient (Wildman–Crippen LogP) is 3.53. The summed E-state index contributed by atoms with van der Waals surface area (Å²) in [6.07, 6.45) is -9.92. The van der Waals surface area contributed by atoms with Gasteiger partial charge in [-0.05, 0) is 19.8 Å². The van der Waals surface area contributed by atoms with E-state index in [1.54, 1.807) is 0 Å². The van der Waals surface area contributed by atoms with E-state index in [0.29, 0.717) is 0 Å². The summed E-state index contributed by atoms with van der Waals surface area (Å²) in [6.45, 7) is -1.96.